The van der Waals surface area contributed by atoms with Gasteiger partial charge in [-0.2, -0.15) is 0 Å². The molecule has 1 fully saturated rings. The van der Waals surface area contributed by atoms with Gasteiger partial charge in [0.05, 0.1) is 12.1 Å². The number of halogens is 1. The number of likely N-dealkylation sites (tertiary alicyclic amines) is 1. The molecule has 2 amide bonds. The summed E-state index contributed by atoms with van der Waals surface area (Å²) in [6.07, 6.45) is 1.71. The lowest BCUT2D eigenvalue weighted by Gasteiger charge is -2.32. The Morgan fingerprint density at radius 2 is 1.82 bits per heavy atom. The fraction of sp³-hybridized carbons (Fsp3) is 0.364. The Hall–Kier alpha value is -2.09. The SMILES string of the molecule is Cc1ccc(OC2CCN(C(=O)CNC(=O)c3ccccc3I)CC2)cc1C. The molecule has 1 saturated heterocycles. The van der Waals surface area contributed by atoms with Crippen LogP contribution in [0.1, 0.15) is 34.3 Å². The molecule has 148 valence electrons. The van der Waals surface area contributed by atoms with Crippen molar-refractivity contribution in [1.29, 1.82) is 0 Å². The number of hydrogen-bond acceptors (Lipinski definition) is 3. The summed E-state index contributed by atoms with van der Waals surface area (Å²) in [5.74, 6) is 0.618. The van der Waals surface area contributed by atoms with Crippen molar-refractivity contribution in [2.24, 2.45) is 0 Å². The van der Waals surface area contributed by atoms with Crippen LogP contribution in [0.3, 0.4) is 0 Å². The molecule has 1 N–H and O–H groups in total. The van der Waals surface area contributed by atoms with E-state index in [4.69, 9.17) is 4.74 Å². The lowest BCUT2D eigenvalue weighted by atomic mass is 10.1. The van der Waals surface area contributed by atoms with Crippen molar-refractivity contribution in [2.45, 2.75) is 32.8 Å². The highest BCUT2D eigenvalue weighted by Gasteiger charge is 2.24. The highest BCUT2D eigenvalue weighted by atomic mass is 127. The number of hydrogen-bond donors (Lipinski definition) is 1. The van der Waals surface area contributed by atoms with E-state index in [1.54, 1.807) is 11.0 Å². The summed E-state index contributed by atoms with van der Waals surface area (Å²) in [4.78, 5) is 26.5. The van der Waals surface area contributed by atoms with Gasteiger partial charge in [-0.15, -0.1) is 0 Å². The van der Waals surface area contributed by atoms with E-state index in [0.717, 1.165) is 22.2 Å². The second-order valence-electron chi connectivity index (χ2n) is 7.11. The Morgan fingerprint density at radius 1 is 1.11 bits per heavy atom. The molecule has 1 aliphatic heterocycles. The quantitative estimate of drug-likeness (QED) is 0.648. The van der Waals surface area contributed by atoms with E-state index in [1.807, 2.05) is 24.3 Å². The molecule has 5 nitrogen and oxygen atoms in total. The van der Waals surface area contributed by atoms with Crippen LogP contribution >= 0.6 is 22.6 Å². The first-order valence-electron chi connectivity index (χ1n) is 9.48. The average molecular weight is 492 g/mol. The number of nitrogens with zero attached hydrogens (tertiary/aromatic N) is 1. The molecule has 6 heteroatoms. The fourth-order valence-electron chi connectivity index (χ4n) is 3.21. The zero-order valence-corrected chi connectivity index (χ0v) is 18.4. The molecule has 0 atom stereocenters. The number of carbonyl (C=O) groups is 2. The van der Waals surface area contributed by atoms with Gasteiger partial charge >= 0.3 is 0 Å². The van der Waals surface area contributed by atoms with Gasteiger partial charge in [-0.05, 0) is 71.8 Å². The molecule has 0 radical (unpaired) electrons. The molecule has 2 aromatic carbocycles. The van der Waals surface area contributed by atoms with Crippen molar-refractivity contribution in [3.63, 3.8) is 0 Å². The Morgan fingerprint density at radius 3 is 2.50 bits per heavy atom. The van der Waals surface area contributed by atoms with Crippen molar-refractivity contribution < 1.29 is 14.3 Å². The molecule has 28 heavy (non-hydrogen) atoms. The van der Waals surface area contributed by atoms with Crippen LogP contribution in [-0.2, 0) is 4.79 Å². The van der Waals surface area contributed by atoms with Crippen LogP contribution in [0.25, 0.3) is 0 Å². The monoisotopic (exact) mass is 492 g/mol. The van der Waals surface area contributed by atoms with Crippen molar-refractivity contribution in [1.82, 2.24) is 10.2 Å². The van der Waals surface area contributed by atoms with Gasteiger partial charge in [-0.25, -0.2) is 0 Å². The van der Waals surface area contributed by atoms with Crippen molar-refractivity contribution >= 4 is 34.4 Å². The van der Waals surface area contributed by atoms with E-state index in [9.17, 15) is 9.59 Å². The predicted molar refractivity (Wildman–Crippen MR) is 118 cm³/mol. The smallest absolute Gasteiger partial charge is 0.252 e. The zero-order valence-electron chi connectivity index (χ0n) is 16.2. The average Bonchev–Trinajstić information content (AvgIpc) is 2.69. The molecule has 0 aromatic heterocycles. The maximum atomic E-state index is 12.4. The summed E-state index contributed by atoms with van der Waals surface area (Å²) in [5, 5.41) is 2.73. The van der Waals surface area contributed by atoms with Crippen LogP contribution in [0.4, 0.5) is 0 Å². The topological polar surface area (TPSA) is 58.6 Å². The first kappa shape index (κ1) is 20.6. The van der Waals surface area contributed by atoms with Crippen LogP contribution in [0.2, 0.25) is 0 Å². The number of ether oxygens (including phenoxy) is 1. The maximum Gasteiger partial charge on any atom is 0.252 e. The molecular formula is C22H25IN2O3. The van der Waals surface area contributed by atoms with Gasteiger partial charge in [0.1, 0.15) is 11.9 Å². The Bertz CT molecular complexity index is 861. The minimum atomic E-state index is -0.216. The highest BCUT2D eigenvalue weighted by molar-refractivity contribution is 14.1. The highest BCUT2D eigenvalue weighted by Crippen LogP contribution is 2.21. The molecule has 1 heterocycles. The Balaban J connectivity index is 1.45. The van der Waals surface area contributed by atoms with E-state index in [0.29, 0.717) is 18.7 Å². The standard InChI is InChI=1S/C22H25IN2O3/c1-15-7-8-18(13-16(15)2)28-17-9-11-25(12-10-17)21(26)14-24-22(27)19-5-3-4-6-20(19)23/h3-8,13,17H,9-12,14H2,1-2H3,(H,24,27). The van der Waals surface area contributed by atoms with Gasteiger partial charge in [-0.3, -0.25) is 9.59 Å². The zero-order chi connectivity index (χ0) is 20.1. The second kappa shape index (κ2) is 9.41. The molecule has 0 saturated carbocycles. The molecule has 0 bridgehead atoms. The van der Waals surface area contributed by atoms with Crippen molar-refractivity contribution in [3.05, 3.63) is 62.7 Å². The molecular weight excluding hydrogens is 467 g/mol. The summed E-state index contributed by atoms with van der Waals surface area (Å²) < 4.78 is 6.95. The molecule has 0 aliphatic carbocycles. The van der Waals surface area contributed by atoms with E-state index >= 15 is 0 Å². The van der Waals surface area contributed by atoms with Gasteiger partial charge in [0, 0.05) is 29.5 Å². The van der Waals surface area contributed by atoms with Crippen molar-refractivity contribution in [3.8, 4) is 5.75 Å². The third kappa shape index (κ3) is 5.25. The second-order valence-corrected chi connectivity index (χ2v) is 8.27. The summed E-state index contributed by atoms with van der Waals surface area (Å²) in [6.45, 7) is 5.47. The first-order valence-corrected chi connectivity index (χ1v) is 10.6. The number of rotatable bonds is 5. The molecule has 0 spiro atoms. The summed E-state index contributed by atoms with van der Waals surface area (Å²) in [5.41, 5.74) is 3.06. The normalized spacial score (nSPS) is 14.6. The van der Waals surface area contributed by atoms with Crippen LogP contribution in [0.5, 0.6) is 5.75 Å². The minimum Gasteiger partial charge on any atom is -0.490 e. The van der Waals surface area contributed by atoms with E-state index in [2.05, 4.69) is 53.9 Å². The fourth-order valence-corrected chi connectivity index (χ4v) is 3.84. The van der Waals surface area contributed by atoms with E-state index < -0.39 is 0 Å². The molecule has 2 aromatic rings. The summed E-state index contributed by atoms with van der Waals surface area (Å²) >= 11 is 2.12. The van der Waals surface area contributed by atoms with Crippen LogP contribution in [0, 0.1) is 17.4 Å². The maximum absolute atomic E-state index is 12.4. The van der Waals surface area contributed by atoms with Gasteiger partial charge in [0.25, 0.3) is 5.91 Å². The van der Waals surface area contributed by atoms with Gasteiger partial charge in [0.15, 0.2) is 0 Å². The van der Waals surface area contributed by atoms with Gasteiger partial charge in [-0.1, -0.05) is 18.2 Å². The van der Waals surface area contributed by atoms with Crippen LogP contribution in [0.15, 0.2) is 42.5 Å². The van der Waals surface area contributed by atoms with Crippen molar-refractivity contribution in [2.75, 3.05) is 19.6 Å². The third-order valence-electron chi connectivity index (χ3n) is 5.09. The summed E-state index contributed by atoms with van der Waals surface area (Å²) in [7, 11) is 0. The lowest BCUT2D eigenvalue weighted by molar-refractivity contribution is -0.131. The molecule has 1 aliphatic rings. The van der Waals surface area contributed by atoms with Gasteiger partial charge in [0.2, 0.25) is 5.91 Å². The predicted octanol–water partition coefficient (Wildman–Crippen LogP) is 3.71. The molecule has 0 unspecified atom stereocenters. The van der Waals surface area contributed by atoms with E-state index in [1.165, 1.54) is 11.1 Å². The van der Waals surface area contributed by atoms with Crippen LogP contribution in [-0.4, -0.2) is 42.5 Å². The molecule has 3 rings (SSSR count). The number of aryl methyl sites for hydroxylation is 2. The number of piperidine rings is 1. The minimum absolute atomic E-state index is 0.0203. The number of amides is 2. The third-order valence-corrected chi connectivity index (χ3v) is 6.04. The van der Waals surface area contributed by atoms with E-state index in [-0.39, 0.29) is 24.5 Å². The summed E-state index contributed by atoms with van der Waals surface area (Å²) in [6, 6.07) is 13.5. The van der Waals surface area contributed by atoms with Crippen LogP contribution < -0.4 is 10.1 Å². The Kier molecular flexibility index (Phi) is 6.93. The largest absolute Gasteiger partial charge is 0.490 e. The first-order chi connectivity index (χ1) is 13.4. The number of nitrogens with one attached hydrogen (secondary N) is 1. The number of benzene rings is 2. The van der Waals surface area contributed by atoms with Gasteiger partial charge < -0.3 is 15.0 Å². The Labute approximate surface area is 179 Å². The number of carbonyl (C=O) groups excluding carboxylic acids is 2. The lowest BCUT2D eigenvalue weighted by Crippen LogP contribution is -2.46.